The number of benzene rings is 1. The molecule has 1 aromatic rings. The van der Waals surface area contributed by atoms with Crippen LogP contribution in [0.2, 0.25) is 0 Å². The highest BCUT2D eigenvalue weighted by Gasteiger charge is 2.31. The summed E-state index contributed by atoms with van der Waals surface area (Å²) in [7, 11) is 2.20. The lowest BCUT2D eigenvalue weighted by Gasteiger charge is -2.46. The van der Waals surface area contributed by atoms with Gasteiger partial charge in [0.15, 0.2) is 0 Å². The molecule has 1 atom stereocenters. The van der Waals surface area contributed by atoms with Crippen LogP contribution in [-0.2, 0) is 0 Å². The van der Waals surface area contributed by atoms with Gasteiger partial charge in [-0.1, -0.05) is 30.3 Å². The van der Waals surface area contributed by atoms with E-state index >= 15 is 0 Å². The molecule has 0 saturated carbocycles. The second kappa shape index (κ2) is 5.39. The summed E-state index contributed by atoms with van der Waals surface area (Å²) in [5.74, 6) is 0. The van der Waals surface area contributed by atoms with E-state index < -0.39 is 0 Å². The molecule has 100 valence electrons. The van der Waals surface area contributed by atoms with Gasteiger partial charge in [-0.2, -0.15) is 0 Å². The van der Waals surface area contributed by atoms with Gasteiger partial charge < -0.3 is 5.73 Å². The van der Waals surface area contributed by atoms with E-state index in [0.717, 1.165) is 26.2 Å². The molecule has 3 nitrogen and oxygen atoms in total. The van der Waals surface area contributed by atoms with Gasteiger partial charge in [0.05, 0.1) is 0 Å². The molecule has 1 fully saturated rings. The lowest BCUT2D eigenvalue weighted by molar-refractivity contribution is 0.0372. The largest absolute Gasteiger partial charge is 0.323 e. The molecule has 0 bridgehead atoms. The molecule has 1 saturated heterocycles. The predicted octanol–water partition coefficient (Wildman–Crippen LogP) is 1.71. The van der Waals surface area contributed by atoms with Crippen molar-refractivity contribution in [2.75, 3.05) is 33.2 Å². The summed E-state index contributed by atoms with van der Waals surface area (Å²) in [6.07, 6.45) is 0. The van der Waals surface area contributed by atoms with E-state index in [-0.39, 0.29) is 11.6 Å². The zero-order valence-electron chi connectivity index (χ0n) is 11.8. The minimum Gasteiger partial charge on any atom is -0.323 e. The fraction of sp³-hybridized carbons (Fsp3) is 0.600. The summed E-state index contributed by atoms with van der Waals surface area (Å²) in [5.41, 5.74) is 7.77. The second-order valence-corrected chi connectivity index (χ2v) is 5.99. The van der Waals surface area contributed by atoms with Crippen molar-refractivity contribution in [2.45, 2.75) is 25.4 Å². The molecule has 3 heteroatoms. The van der Waals surface area contributed by atoms with Crippen LogP contribution in [0.3, 0.4) is 0 Å². The second-order valence-electron chi connectivity index (χ2n) is 5.99. The predicted molar refractivity (Wildman–Crippen MR) is 76.5 cm³/mol. The van der Waals surface area contributed by atoms with Crippen molar-refractivity contribution < 1.29 is 0 Å². The molecule has 1 heterocycles. The van der Waals surface area contributed by atoms with Crippen LogP contribution in [0.25, 0.3) is 0 Å². The van der Waals surface area contributed by atoms with Crippen LogP contribution in [0.5, 0.6) is 0 Å². The van der Waals surface area contributed by atoms with E-state index in [1.54, 1.807) is 0 Å². The summed E-state index contributed by atoms with van der Waals surface area (Å²) >= 11 is 0. The van der Waals surface area contributed by atoms with Gasteiger partial charge in [-0.15, -0.1) is 0 Å². The molecular weight excluding hydrogens is 222 g/mol. The lowest BCUT2D eigenvalue weighted by atomic mass is 9.98. The van der Waals surface area contributed by atoms with Crippen molar-refractivity contribution in [3.8, 4) is 0 Å². The van der Waals surface area contributed by atoms with Gasteiger partial charge in [0.2, 0.25) is 0 Å². The van der Waals surface area contributed by atoms with Gasteiger partial charge in [0.25, 0.3) is 0 Å². The van der Waals surface area contributed by atoms with Crippen molar-refractivity contribution in [3.63, 3.8) is 0 Å². The van der Waals surface area contributed by atoms with Crippen molar-refractivity contribution >= 4 is 0 Å². The number of piperazine rings is 1. The first-order valence-electron chi connectivity index (χ1n) is 6.73. The molecule has 1 aliphatic heterocycles. The Bertz CT molecular complexity index is 375. The Hall–Kier alpha value is -0.900. The number of nitrogens with zero attached hydrogens (tertiary/aromatic N) is 2. The first-order chi connectivity index (χ1) is 8.49. The molecule has 18 heavy (non-hydrogen) atoms. The van der Waals surface area contributed by atoms with E-state index in [2.05, 4.69) is 55.0 Å². The van der Waals surface area contributed by atoms with Crippen LogP contribution in [-0.4, -0.2) is 48.6 Å². The Morgan fingerprint density at radius 2 is 1.89 bits per heavy atom. The van der Waals surface area contributed by atoms with Gasteiger partial charge in [-0.25, -0.2) is 0 Å². The normalized spacial score (nSPS) is 22.9. The van der Waals surface area contributed by atoms with Crippen molar-refractivity contribution in [3.05, 3.63) is 35.9 Å². The summed E-state index contributed by atoms with van der Waals surface area (Å²) in [4.78, 5) is 4.91. The van der Waals surface area contributed by atoms with Gasteiger partial charge in [-0.3, -0.25) is 9.80 Å². The molecule has 2 N–H and O–H groups in total. The minimum atomic E-state index is 0.116. The molecule has 0 aliphatic carbocycles. The molecule has 0 radical (unpaired) electrons. The van der Waals surface area contributed by atoms with Gasteiger partial charge >= 0.3 is 0 Å². The Morgan fingerprint density at radius 1 is 1.22 bits per heavy atom. The molecule has 1 aromatic carbocycles. The quantitative estimate of drug-likeness (QED) is 0.882. The Kier molecular flexibility index (Phi) is 4.05. The average molecular weight is 247 g/mol. The fourth-order valence-corrected chi connectivity index (χ4v) is 2.58. The Balaban J connectivity index is 1.94. The Labute approximate surface area is 111 Å². The summed E-state index contributed by atoms with van der Waals surface area (Å²) < 4.78 is 0. The number of nitrogens with two attached hydrogens (primary N) is 1. The van der Waals surface area contributed by atoms with E-state index in [0.29, 0.717) is 0 Å². The number of hydrogen-bond acceptors (Lipinski definition) is 3. The molecule has 0 spiro atoms. The smallest absolute Gasteiger partial charge is 0.0424 e. The zero-order chi connectivity index (χ0) is 13.2. The van der Waals surface area contributed by atoms with Crippen molar-refractivity contribution in [2.24, 2.45) is 5.73 Å². The minimum absolute atomic E-state index is 0.116. The summed E-state index contributed by atoms with van der Waals surface area (Å²) in [6.45, 7) is 8.86. The molecule has 2 rings (SSSR count). The number of likely N-dealkylation sites (N-methyl/N-ethyl adjacent to an activating group) is 1. The summed E-state index contributed by atoms with van der Waals surface area (Å²) in [5, 5.41) is 0. The zero-order valence-corrected chi connectivity index (χ0v) is 11.8. The van der Waals surface area contributed by atoms with Crippen molar-refractivity contribution in [1.29, 1.82) is 0 Å². The highest BCUT2D eigenvalue weighted by atomic mass is 15.3. The van der Waals surface area contributed by atoms with Gasteiger partial charge in [0.1, 0.15) is 0 Å². The van der Waals surface area contributed by atoms with Crippen LogP contribution < -0.4 is 5.73 Å². The van der Waals surface area contributed by atoms with Gasteiger partial charge in [0, 0.05) is 37.8 Å². The molecular formula is C15H25N3. The van der Waals surface area contributed by atoms with Crippen molar-refractivity contribution in [1.82, 2.24) is 9.80 Å². The third-order valence-electron chi connectivity index (χ3n) is 4.08. The average Bonchev–Trinajstić information content (AvgIpc) is 2.34. The van der Waals surface area contributed by atoms with Crippen LogP contribution in [0.15, 0.2) is 30.3 Å². The molecule has 0 aromatic heterocycles. The first-order valence-corrected chi connectivity index (χ1v) is 6.73. The molecule has 1 aliphatic rings. The van der Waals surface area contributed by atoms with E-state index in [9.17, 15) is 0 Å². The Morgan fingerprint density at radius 3 is 2.50 bits per heavy atom. The standard InChI is InChI=1S/C15H25N3/c1-15(2)12-18(10-9-17(15)3)11-14(16)13-7-5-4-6-8-13/h4-8,14H,9-12,16H2,1-3H3. The number of rotatable bonds is 3. The lowest BCUT2D eigenvalue weighted by Crippen LogP contribution is -2.58. The SMILES string of the molecule is CN1CCN(CC(N)c2ccccc2)CC1(C)C. The highest BCUT2D eigenvalue weighted by Crippen LogP contribution is 2.20. The monoisotopic (exact) mass is 247 g/mol. The topological polar surface area (TPSA) is 32.5 Å². The third kappa shape index (κ3) is 3.10. The van der Waals surface area contributed by atoms with Crippen LogP contribution >= 0.6 is 0 Å². The summed E-state index contributed by atoms with van der Waals surface area (Å²) in [6, 6.07) is 10.5. The third-order valence-corrected chi connectivity index (χ3v) is 4.08. The highest BCUT2D eigenvalue weighted by molar-refractivity contribution is 5.18. The number of hydrogen-bond donors (Lipinski definition) is 1. The van der Waals surface area contributed by atoms with E-state index in [1.807, 2.05) is 6.07 Å². The van der Waals surface area contributed by atoms with Crippen LogP contribution in [0.4, 0.5) is 0 Å². The van der Waals surface area contributed by atoms with Crippen LogP contribution in [0, 0.1) is 0 Å². The maximum Gasteiger partial charge on any atom is 0.0424 e. The molecule has 1 unspecified atom stereocenters. The maximum atomic E-state index is 6.29. The molecule has 0 amide bonds. The van der Waals surface area contributed by atoms with Crippen LogP contribution in [0.1, 0.15) is 25.5 Å². The van der Waals surface area contributed by atoms with E-state index in [4.69, 9.17) is 5.73 Å². The van der Waals surface area contributed by atoms with E-state index in [1.165, 1.54) is 5.56 Å². The first kappa shape index (κ1) is 13.5. The maximum absolute atomic E-state index is 6.29. The van der Waals surface area contributed by atoms with Gasteiger partial charge in [-0.05, 0) is 26.5 Å². The fourth-order valence-electron chi connectivity index (χ4n) is 2.58.